The van der Waals surface area contributed by atoms with Crippen molar-refractivity contribution in [3.63, 3.8) is 0 Å². The Labute approximate surface area is 112 Å². The fraction of sp³-hybridized carbons (Fsp3) is 0.429. The monoisotopic (exact) mass is 263 g/mol. The fourth-order valence-corrected chi connectivity index (χ4v) is 1.58. The van der Waals surface area contributed by atoms with Gasteiger partial charge in [-0.05, 0) is 31.4 Å². The molecule has 0 aliphatic carbocycles. The highest BCUT2D eigenvalue weighted by Crippen LogP contribution is 2.22. The van der Waals surface area contributed by atoms with Gasteiger partial charge in [0, 0.05) is 12.5 Å². The van der Waals surface area contributed by atoms with Crippen LogP contribution in [-0.4, -0.2) is 24.8 Å². The lowest BCUT2D eigenvalue weighted by molar-refractivity contribution is -0.137. The van der Waals surface area contributed by atoms with Crippen molar-refractivity contribution in [1.82, 2.24) is 0 Å². The lowest BCUT2D eigenvalue weighted by atomic mass is 10.2. The summed E-state index contributed by atoms with van der Waals surface area (Å²) in [5, 5.41) is 17.3. The molecule has 0 fully saturated rings. The Hall–Kier alpha value is -2.22. The Bertz CT molecular complexity index is 465. The van der Waals surface area contributed by atoms with Crippen LogP contribution in [0.5, 0.6) is 11.5 Å². The van der Waals surface area contributed by atoms with Crippen LogP contribution in [-0.2, 0) is 4.79 Å². The molecular formula is C14H17NO4. The Balaban J connectivity index is 2.37. The number of carboxylic acids is 1. The van der Waals surface area contributed by atoms with Gasteiger partial charge in [0.1, 0.15) is 11.5 Å². The first kappa shape index (κ1) is 14.8. The molecule has 0 unspecified atom stereocenters. The maximum absolute atomic E-state index is 10.3. The van der Waals surface area contributed by atoms with Gasteiger partial charge in [0.15, 0.2) is 0 Å². The van der Waals surface area contributed by atoms with Gasteiger partial charge in [-0.2, -0.15) is 5.26 Å². The zero-order chi connectivity index (χ0) is 14.1. The Kier molecular flexibility index (Phi) is 6.23. The van der Waals surface area contributed by atoms with Gasteiger partial charge in [0.2, 0.25) is 0 Å². The van der Waals surface area contributed by atoms with Gasteiger partial charge < -0.3 is 14.6 Å². The molecule has 19 heavy (non-hydrogen) atoms. The Morgan fingerprint density at radius 1 is 1.26 bits per heavy atom. The molecule has 102 valence electrons. The fourth-order valence-electron chi connectivity index (χ4n) is 1.58. The molecule has 1 rings (SSSR count). The molecule has 0 bridgehead atoms. The molecule has 1 aromatic rings. The first-order valence-corrected chi connectivity index (χ1v) is 6.09. The van der Waals surface area contributed by atoms with E-state index in [9.17, 15) is 4.79 Å². The number of methoxy groups -OCH3 is 1. The summed E-state index contributed by atoms with van der Waals surface area (Å²) < 4.78 is 10.6. The number of benzene rings is 1. The minimum absolute atomic E-state index is 0.192. The lowest BCUT2D eigenvalue weighted by Gasteiger charge is -2.08. The van der Waals surface area contributed by atoms with Crippen LogP contribution in [0.1, 0.15) is 31.2 Å². The third-order valence-electron chi connectivity index (χ3n) is 2.55. The van der Waals surface area contributed by atoms with Crippen molar-refractivity contribution in [3.8, 4) is 17.6 Å². The number of aliphatic carboxylic acids is 1. The molecule has 1 aromatic carbocycles. The molecule has 0 aromatic heterocycles. The zero-order valence-electron chi connectivity index (χ0n) is 10.9. The molecule has 0 heterocycles. The molecule has 0 radical (unpaired) electrons. The highest BCUT2D eigenvalue weighted by molar-refractivity contribution is 5.66. The first-order chi connectivity index (χ1) is 9.15. The summed E-state index contributed by atoms with van der Waals surface area (Å²) in [6, 6.07) is 7.05. The maximum atomic E-state index is 10.3. The number of carboxylic acid groups (broad SMARTS) is 1. The largest absolute Gasteiger partial charge is 0.497 e. The molecule has 0 amide bonds. The van der Waals surface area contributed by atoms with Gasteiger partial charge in [-0.25, -0.2) is 0 Å². The van der Waals surface area contributed by atoms with Crippen LogP contribution in [0.15, 0.2) is 18.2 Å². The van der Waals surface area contributed by atoms with Gasteiger partial charge >= 0.3 is 5.97 Å². The number of nitrogens with zero attached hydrogens (tertiary/aromatic N) is 1. The van der Waals surface area contributed by atoms with Crippen LogP contribution in [0, 0.1) is 11.3 Å². The lowest BCUT2D eigenvalue weighted by Crippen LogP contribution is -1.99. The Morgan fingerprint density at radius 3 is 2.63 bits per heavy atom. The second-order valence-corrected chi connectivity index (χ2v) is 4.06. The number of rotatable bonds is 8. The molecule has 0 spiro atoms. The highest BCUT2D eigenvalue weighted by atomic mass is 16.5. The quantitative estimate of drug-likeness (QED) is 0.729. The normalized spacial score (nSPS) is 9.68. The van der Waals surface area contributed by atoms with Crippen molar-refractivity contribution in [2.24, 2.45) is 0 Å². The number of unbranched alkanes of at least 4 members (excludes halogenated alkanes) is 2. The van der Waals surface area contributed by atoms with E-state index in [4.69, 9.17) is 19.8 Å². The van der Waals surface area contributed by atoms with Crippen molar-refractivity contribution in [2.45, 2.75) is 25.7 Å². The third-order valence-corrected chi connectivity index (χ3v) is 2.55. The highest BCUT2D eigenvalue weighted by Gasteiger charge is 2.02. The average Bonchev–Trinajstić information content (AvgIpc) is 2.41. The predicted molar refractivity (Wildman–Crippen MR) is 69.3 cm³/mol. The van der Waals surface area contributed by atoms with Crippen molar-refractivity contribution in [1.29, 1.82) is 5.26 Å². The summed E-state index contributed by atoms with van der Waals surface area (Å²) in [6.45, 7) is 0.498. The molecule has 0 atom stereocenters. The SMILES string of the molecule is COc1cc(C#N)cc(OCCCCCC(=O)O)c1. The van der Waals surface area contributed by atoms with Crippen molar-refractivity contribution in [3.05, 3.63) is 23.8 Å². The maximum Gasteiger partial charge on any atom is 0.303 e. The summed E-state index contributed by atoms with van der Waals surface area (Å²) in [5.41, 5.74) is 0.486. The predicted octanol–water partition coefficient (Wildman–Crippen LogP) is 2.59. The summed E-state index contributed by atoms with van der Waals surface area (Å²) in [6.07, 6.45) is 2.44. The average molecular weight is 263 g/mol. The first-order valence-electron chi connectivity index (χ1n) is 6.09. The molecule has 0 saturated carbocycles. The van der Waals surface area contributed by atoms with Crippen LogP contribution in [0.25, 0.3) is 0 Å². The third kappa shape index (κ3) is 5.77. The van der Waals surface area contributed by atoms with E-state index in [1.54, 1.807) is 18.2 Å². The van der Waals surface area contributed by atoms with Crippen molar-refractivity contribution >= 4 is 5.97 Å². The number of carbonyl (C=O) groups is 1. The van der Waals surface area contributed by atoms with Gasteiger partial charge in [0.25, 0.3) is 0 Å². The van der Waals surface area contributed by atoms with Crippen LogP contribution < -0.4 is 9.47 Å². The van der Waals surface area contributed by atoms with E-state index in [0.29, 0.717) is 30.1 Å². The second-order valence-electron chi connectivity index (χ2n) is 4.06. The minimum atomic E-state index is -0.771. The Morgan fingerprint density at radius 2 is 2.00 bits per heavy atom. The number of ether oxygens (including phenoxy) is 2. The van der Waals surface area contributed by atoms with E-state index in [2.05, 4.69) is 0 Å². The summed E-state index contributed by atoms with van der Waals surface area (Å²) in [7, 11) is 1.53. The standard InChI is InChI=1S/C14H17NO4/c1-18-12-7-11(10-15)8-13(9-12)19-6-4-2-3-5-14(16)17/h7-9H,2-6H2,1H3,(H,16,17). The molecule has 0 aliphatic heterocycles. The van der Waals surface area contributed by atoms with Gasteiger partial charge in [-0.3, -0.25) is 4.79 Å². The van der Waals surface area contributed by atoms with E-state index >= 15 is 0 Å². The molecule has 0 saturated heterocycles. The molecular weight excluding hydrogens is 246 g/mol. The molecule has 5 nitrogen and oxygen atoms in total. The van der Waals surface area contributed by atoms with Gasteiger partial charge in [-0.1, -0.05) is 0 Å². The van der Waals surface area contributed by atoms with Crippen molar-refractivity contribution < 1.29 is 19.4 Å². The van der Waals surface area contributed by atoms with E-state index in [0.717, 1.165) is 12.8 Å². The van der Waals surface area contributed by atoms with Crippen molar-refractivity contribution in [2.75, 3.05) is 13.7 Å². The van der Waals surface area contributed by atoms with Gasteiger partial charge in [0.05, 0.1) is 25.3 Å². The van der Waals surface area contributed by atoms with E-state index < -0.39 is 5.97 Å². The zero-order valence-corrected chi connectivity index (χ0v) is 10.9. The van der Waals surface area contributed by atoms with Gasteiger partial charge in [-0.15, -0.1) is 0 Å². The smallest absolute Gasteiger partial charge is 0.303 e. The number of hydrogen-bond acceptors (Lipinski definition) is 4. The second kappa shape index (κ2) is 7.98. The molecule has 5 heteroatoms. The van der Waals surface area contributed by atoms with Crippen LogP contribution in [0.2, 0.25) is 0 Å². The summed E-state index contributed by atoms with van der Waals surface area (Å²) in [4.78, 5) is 10.3. The van der Waals surface area contributed by atoms with E-state index in [1.165, 1.54) is 7.11 Å². The summed E-state index contributed by atoms with van der Waals surface area (Å²) in [5.74, 6) is 0.404. The summed E-state index contributed by atoms with van der Waals surface area (Å²) >= 11 is 0. The van der Waals surface area contributed by atoms with Crippen LogP contribution >= 0.6 is 0 Å². The van der Waals surface area contributed by atoms with Crippen LogP contribution in [0.3, 0.4) is 0 Å². The minimum Gasteiger partial charge on any atom is -0.497 e. The number of hydrogen-bond donors (Lipinski definition) is 1. The van der Waals surface area contributed by atoms with E-state index in [1.807, 2.05) is 6.07 Å². The topological polar surface area (TPSA) is 79.5 Å². The van der Waals surface area contributed by atoms with Crippen LogP contribution in [0.4, 0.5) is 0 Å². The number of nitriles is 1. The van der Waals surface area contributed by atoms with E-state index in [-0.39, 0.29) is 6.42 Å². The molecule has 1 N–H and O–H groups in total. The molecule has 0 aliphatic rings.